The molecule has 4 heterocycles. The molecule has 1 atom stereocenters. The third-order valence-electron chi connectivity index (χ3n) is 6.02. The van der Waals surface area contributed by atoms with Crippen molar-refractivity contribution in [3.05, 3.63) is 71.4 Å². The van der Waals surface area contributed by atoms with Gasteiger partial charge in [-0.25, -0.2) is 9.97 Å². The second-order valence-corrected chi connectivity index (χ2v) is 9.18. The molecule has 0 bridgehead atoms. The van der Waals surface area contributed by atoms with E-state index >= 15 is 0 Å². The van der Waals surface area contributed by atoms with Crippen LogP contribution < -0.4 is 10.1 Å². The normalized spacial score (nSPS) is 14.8. The Morgan fingerprint density at radius 2 is 1.91 bits per heavy atom. The van der Waals surface area contributed by atoms with Crippen LogP contribution in [0.2, 0.25) is 0 Å². The van der Waals surface area contributed by atoms with Crippen LogP contribution in [-0.2, 0) is 11.3 Å². The van der Waals surface area contributed by atoms with Gasteiger partial charge in [0.25, 0.3) is 0 Å². The van der Waals surface area contributed by atoms with Crippen LogP contribution in [-0.4, -0.2) is 28.3 Å². The second-order valence-electron chi connectivity index (χ2n) is 8.19. The second kappa shape index (κ2) is 7.86. The zero-order valence-corrected chi connectivity index (χ0v) is 19.6. The SMILES string of the molecule is CCOc1ccc(C2Nc3c(sc4nc(C)cc(COC)c34)-c3nc4ccccc4n32)cc1. The lowest BCUT2D eigenvalue weighted by Crippen LogP contribution is -2.24. The van der Waals surface area contributed by atoms with Gasteiger partial charge >= 0.3 is 0 Å². The number of nitrogens with one attached hydrogen (secondary N) is 1. The van der Waals surface area contributed by atoms with Crippen LogP contribution in [0.25, 0.3) is 32.0 Å². The number of hydrogen-bond acceptors (Lipinski definition) is 6. The molecule has 0 spiro atoms. The Morgan fingerprint density at radius 1 is 1.09 bits per heavy atom. The summed E-state index contributed by atoms with van der Waals surface area (Å²) in [4.78, 5) is 12.0. The Hall–Kier alpha value is -3.42. The number of anilines is 1. The molecule has 6 rings (SSSR count). The Balaban J connectivity index is 1.61. The first kappa shape index (κ1) is 20.2. The lowest BCUT2D eigenvalue weighted by Gasteiger charge is -2.29. The van der Waals surface area contributed by atoms with Crippen LogP contribution in [0.4, 0.5) is 5.69 Å². The highest BCUT2D eigenvalue weighted by molar-refractivity contribution is 7.22. The van der Waals surface area contributed by atoms with E-state index in [4.69, 9.17) is 19.4 Å². The molecule has 0 saturated heterocycles. The van der Waals surface area contributed by atoms with Crippen LogP contribution in [0.3, 0.4) is 0 Å². The van der Waals surface area contributed by atoms with Gasteiger partial charge in [-0.05, 0) is 55.3 Å². The minimum absolute atomic E-state index is 0.106. The van der Waals surface area contributed by atoms with Gasteiger partial charge < -0.3 is 14.8 Å². The van der Waals surface area contributed by atoms with Gasteiger partial charge in [-0.3, -0.25) is 4.57 Å². The molecule has 0 fully saturated rings. The number of fused-ring (bicyclic) bond motifs is 7. The molecule has 0 saturated carbocycles. The Kier molecular flexibility index (Phi) is 4.81. The van der Waals surface area contributed by atoms with E-state index in [2.05, 4.69) is 46.3 Å². The van der Waals surface area contributed by atoms with Gasteiger partial charge in [-0.15, -0.1) is 11.3 Å². The standard InChI is InChI=1S/C26H24N4O2S/c1-4-32-18-11-9-16(10-12-18)24-29-22-21-17(14-31-3)13-15(2)27-26(21)33-23(22)25-28-19-7-5-6-8-20(19)30(24)25/h5-13,24,29H,4,14H2,1-3H3. The average Bonchev–Trinajstić information content (AvgIpc) is 3.38. The summed E-state index contributed by atoms with van der Waals surface area (Å²) in [5, 5.41) is 4.96. The van der Waals surface area contributed by atoms with Gasteiger partial charge in [0.15, 0.2) is 5.82 Å². The number of hydrogen-bond donors (Lipinski definition) is 1. The van der Waals surface area contributed by atoms with Crippen molar-refractivity contribution in [3.63, 3.8) is 0 Å². The van der Waals surface area contributed by atoms with Crippen LogP contribution in [0.1, 0.15) is 29.9 Å². The smallest absolute Gasteiger partial charge is 0.155 e. The van der Waals surface area contributed by atoms with Crippen molar-refractivity contribution in [2.75, 3.05) is 19.0 Å². The topological polar surface area (TPSA) is 61.2 Å². The third kappa shape index (κ3) is 3.19. The average molecular weight is 457 g/mol. The van der Waals surface area contributed by atoms with Gasteiger partial charge in [-0.1, -0.05) is 24.3 Å². The van der Waals surface area contributed by atoms with E-state index in [9.17, 15) is 0 Å². The van der Waals surface area contributed by atoms with Crippen molar-refractivity contribution >= 4 is 38.3 Å². The Bertz CT molecular complexity index is 1490. The number of aromatic nitrogens is 3. The van der Waals surface area contributed by atoms with Gasteiger partial charge in [0.05, 0.1) is 34.8 Å². The molecule has 0 radical (unpaired) electrons. The fraction of sp³-hybridized carbons (Fsp3) is 0.231. The van der Waals surface area contributed by atoms with Crippen LogP contribution in [0.15, 0.2) is 54.6 Å². The summed E-state index contributed by atoms with van der Waals surface area (Å²) < 4.78 is 13.5. The summed E-state index contributed by atoms with van der Waals surface area (Å²) >= 11 is 1.69. The van der Waals surface area contributed by atoms with Crippen LogP contribution >= 0.6 is 11.3 Å². The van der Waals surface area contributed by atoms with Gasteiger partial charge in [0.2, 0.25) is 0 Å². The summed E-state index contributed by atoms with van der Waals surface area (Å²) in [7, 11) is 1.73. The molecule has 1 N–H and O–H groups in total. The van der Waals surface area contributed by atoms with Gasteiger partial charge in [0, 0.05) is 18.2 Å². The first-order chi connectivity index (χ1) is 16.2. The van der Waals surface area contributed by atoms with Gasteiger partial charge in [0.1, 0.15) is 16.7 Å². The molecule has 1 unspecified atom stereocenters. The van der Waals surface area contributed by atoms with E-state index < -0.39 is 0 Å². The quantitative estimate of drug-likeness (QED) is 0.344. The number of aryl methyl sites for hydroxylation is 1. The number of ether oxygens (including phenoxy) is 2. The summed E-state index contributed by atoms with van der Waals surface area (Å²) in [6, 6.07) is 18.7. The van der Waals surface area contributed by atoms with Crippen LogP contribution in [0, 0.1) is 6.92 Å². The molecule has 3 aromatic heterocycles. The summed E-state index contributed by atoms with van der Waals surface area (Å²) in [6.45, 7) is 5.21. The highest BCUT2D eigenvalue weighted by atomic mass is 32.1. The predicted molar refractivity (Wildman–Crippen MR) is 133 cm³/mol. The van der Waals surface area contributed by atoms with Gasteiger partial charge in [-0.2, -0.15) is 0 Å². The number of methoxy groups -OCH3 is 1. The molecule has 6 nitrogen and oxygen atoms in total. The van der Waals surface area contributed by atoms with Crippen molar-refractivity contribution in [1.29, 1.82) is 0 Å². The number of pyridine rings is 1. The third-order valence-corrected chi connectivity index (χ3v) is 7.10. The molecular formula is C26H24N4O2S. The summed E-state index contributed by atoms with van der Waals surface area (Å²) in [5.74, 6) is 1.84. The van der Waals surface area contributed by atoms with Crippen molar-refractivity contribution < 1.29 is 9.47 Å². The number of rotatable bonds is 5. The number of para-hydroxylation sites is 2. The van der Waals surface area contributed by atoms with E-state index in [1.54, 1.807) is 18.4 Å². The fourth-order valence-corrected chi connectivity index (χ4v) is 5.91. The predicted octanol–water partition coefficient (Wildman–Crippen LogP) is 6.14. The Morgan fingerprint density at radius 3 is 2.70 bits per heavy atom. The number of nitrogens with zero attached hydrogens (tertiary/aromatic N) is 3. The minimum Gasteiger partial charge on any atom is -0.494 e. The van der Waals surface area contributed by atoms with Crippen molar-refractivity contribution in [2.45, 2.75) is 26.6 Å². The molecule has 1 aliphatic rings. The molecule has 166 valence electrons. The number of benzene rings is 2. The molecule has 0 aliphatic carbocycles. The monoisotopic (exact) mass is 456 g/mol. The van der Waals surface area contributed by atoms with Crippen molar-refractivity contribution in [1.82, 2.24) is 14.5 Å². The lowest BCUT2D eigenvalue weighted by molar-refractivity contribution is 0.186. The van der Waals surface area contributed by atoms with E-state index in [1.165, 1.54) is 0 Å². The lowest BCUT2D eigenvalue weighted by atomic mass is 10.1. The summed E-state index contributed by atoms with van der Waals surface area (Å²) in [5.41, 5.74) is 6.43. The molecule has 1 aliphatic heterocycles. The van der Waals surface area contributed by atoms with E-state index in [-0.39, 0.29) is 6.17 Å². The molecule has 5 aromatic rings. The molecule has 7 heteroatoms. The van der Waals surface area contributed by atoms with E-state index in [0.717, 1.165) is 60.2 Å². The molecule has 2 aromatic carbocycles. The summed E-state index contributed by atoms with van der Waals surface area (Å²) in [6.07, 6.45) is -0.106. The van der Waals surface area contributed by atoms with Crippen molar-refractivity contribution in [3.8, 4) is 16.5 Å². The maximum absolute atomic E-state index is 5.67. The zero-order valence-electron chi connectivity index (χ0n) is 18.8. The maximum atomic E-state index is 5.67. The highest BCUT2D eigenvalue weighted by Gasteiger charge is 2.32. The number of thiophene rings is 1. The fourth-order valence-electron chi connectivity index (χ4n) is 4.69. The number of imidazole rings is 1. The van der Waals surface area contributed by atoms with Crippen LogP contribution in [0.5, 0.6) is 5.75 Å². The Labute approximate surface area is 195 Å². The van der Waals surface area contributed by atoms with E-state index in [1.807, 2.05) is 32.0 Å². The molecular weight excluding hydrogens is 432 g/mol. The first-order valence-corrected chi connectivity index (χ1v) is 11.9. The molecule has 33 heavy (non-hydrogen) atoms. The minimum atomic E-state index is -0.106. The first-order valence-electron chi connectivity index (χ1n) is 11.1. The highest BCUT2D eigenvalue weighted by Crippen LogP contribution is 2.49. The molecule has 0 amide bonds. The van der Waals surface area contributed by atoms with Crippen molar-refractivity contribution in [2.24, 2.45) is 0 Å². The maximum Gasteiger partial charge on any atom is 0.155 e. The largest absolute Gasteiger partial charge is 0.494 e. The van der Waals surface area contributed by atoms with E-state index in [0.29, 0.717) is 13.2 Å². The zero-order chi connectivity index (χ0) is 22.5.